The fourth-order valence-electron chi connectivity index (χ4n) is 2.71. The van der Waals surface area contributed by atoms with Crippen LogP contribution in [0.15, 0.2) is 48.5 Å². The summed E-state index contributed by atoms with van der Waals surface area (Å²) in [7, 11) is 0. The van der Waals surface area contributed by atoms with Crippen molar-refractivity contribution >= 4 is 17.3 Å². The number of hydrogen-bond acceptors (Lipinski definition) is 2. The zero-order valence-electron chi connectivity index (χ0n) is 11.8. The van der Waals surface area contributed by atoms with Crippen LogP contribution in [0, 0.1) is 5.82 Å². The molecule has 2 aromatic rings. The van der Waals surface area contributed by atoms with Gasteiger partial charge in [0.15, 0.2) is 0 Å². The Hall–Kier alpha value is -1.58. The van der Waals surface area contributed by atoms with Crippen molar-refractivity contribution in [3.05, 3.63) is 64.9 Å². The number of benzene rings is 2. The Morgan fingerprint density at radius 3 is 2.33 bits per heavy atom. The molecule has 0 amide bonds. The molecule has 0 aromatic heterocycles. The quantitative estimate of drug-likeness (QED) is 0.851. The first-order valence-corrected chi connectivity index (χ1v) is 7.56. The molecule has 1 heterocycles. The van der Waals surface area contributed by atoms with E-state index in [0.717, 1.165) is 43.4 Å². The highest BCUT2D eigenvalue weighted by molar-refractivity contribution is 6.30. The van der Waals surface area contributed by atoms with Gasteiger partial charge < -0.3 is 4.90 Å². The van der Waals surface area contributed by atoms with Gasteiger partial charge in [-0.2, -0.15) is 0 Å². The number of nitrogens with zero attached hydrogens (tertiary/aromatic N) is 2. The number of hydrogen-bond donors (Lipinski definition) is 0. The molecular weight excluding hydrogens is 287 g/mol. The Balaban J connectivity index is 1.56. The lowest BCUT2D eigenvalue weighted by atomic mass is 10.2. The highest BCUT2D eigenvalue weighted by Crippen LogP contribution is 2.18. The van der Waals surface area contributed by atoms with Gasteiger partial charge in [0.05, 0.1) is 0 Å². The molecule has 0 radical (unpaired) electrons. The standard InChI is InChI=1S/C17H18ClFN2/c18-15-3-1-2-14(12-15)13-20-8-10-21(11-9-20)17-6-4-16(19)5-7-17/h1-7,12H,8-11,13H2. The number of piperazine rings is 1. The predicted molar refractivity (Wildman–Crippen MR) is 85.3 cm³/mol. The average Bonchev–Trinajstić information content (AvgIpc) is 2.49. The van der Waals surface area contributed by atoms with Gasteiger partial charge in [0, 0.05) is 43.4 Å². The van der Waals surface area contributed by atoms with Gasteiger partial charge in [0.2, 0.25) is 0 Å². The molecule has 0 N–H and O–H groups in total. The highest BCUT2D eigenvalue weighted by Gasteiger charge is 2.17. The van der Waals surface area contributed by atoms with E-state index in [4.69, 9.17) is 11.6 Å². The molecule has 4 heteroatoms. The third-order valence-corrected chi connectivity index (χ3v) is 4.09. The second-order valence-electron chi connectivity index (χ2n) is 5.37. The number of anilines is 1. The smallest absolute Gasteiger partial charge is 0.123 e. The van der Waals surface area contributed by atoms with E-state index >= 15 is 0 Å². The van der Waals surface area contributed by atoms with Gasteiger partial charge >= 0.3 is 0 Å². The fraction of sp³-hybridized carbons (Fsp3) is 0.294. The van der Waals surface area contributed by atoms with Crippen molar-refractivity contribution in [3.63, 3.8) is 0 Å². The summed E-state index contributed by atoms with van der Waals surface area (Å²) < 4.78 is 13.0. The van der Waals surface area contributed by atoms with Gasteiger partial charge in [-0.05, 0) is 42.0 Å². The first-order chi connectivity index (χ1) is 10.2. The lowest BCUT2D eigenvalue weighted by molar-refractivity contribution is 0.250. The molecule has 21 heavy (non-hydrogen) atoms. The number of halogens is 2. The molecule has 3 rings (SSSR count). The molecule has 0 unspecified atom stereocenters. The molecule has 0 saturated carbocycles. The van der Waals surface area contributed by atoms with Gasteiger partial charge in [-0.25, -0.2) is 4.39 Å². The van der Waals surface area contributed by atoms with Crippen molar-refractivity contribution in [3.8, 4) is 0 Å². The van der Waals surface area contributed by atoms with Gasteiger partial charge in [0.1, 0.15) is 5.82 Å². The van der Waals surface area contributed by atoms with Crippen LogP contribution in [0.1, 0.15) is 5.56 Å². The summed E-state index contributed by atoms with van der Waals surface area (Å²) in [6, 6.07) is 14.8. The van der Waals surface area contributed by atoms with E-state index in [0.29, 0.717) is 0 Å². The molecule has 1 saturated heterocycles. The van der Waals surface area contributed by atoms with Crippen LogP contribution in [-0.2, 0) is 6.54 Å². The normalized spacial score (nSPS) is 16.2. The Bertz CT molecular complexity index is 592. The lowest BCUT2D eigenvalue weighted by Gasteiger charge is -2.36. The Morgan fingerprint density at radius 2 is 1.67 bits per heavy atom. The van der Waals surface area contributed by atoms with Crippen LogP contribution in [-0.4, -0.2) is 31.1 Å². The van der Waals surface area contributed by atoms with Crippen molar-refractivity contribution in [2.75, 3.05) is 31.1 Å². The molecule has 0 aliphatic carbocycles. The van der Waals surface area contributed by atoms with Gasteiger partial charge in [-0.15, -0.1) is 0 Å². The van der Waals surface area contributed by atoms with Crippen molar-refractivity contribution < 1.29 is 4.39 Å². The zero-order chi connectivity index (χ0) is 14.7. The van der Waals surface area contributed by atoms with Crippen molar-refractivity contribution in [1.29, 1.82) is 0 Å². The van der Waals surface area contributed by atoms with E-state index in [-0.39, 0.29) is 5.82 Å². The summed E-state index contributed by atoms with van der Waals surface area (Å²) in [5.74, 6) is -0.182. The second kappa shape index (κ2) is 6.46. The molecule has 1 aliphatic rings. The summed E-state index contributed by atoms with van der Waals surface area (Å²) in [6.45, 7) is 4.87. The molecule has 0 spiro atoms. The highest BCUT2D eigenvalue weighted by atomic mass is 35.5. The SMILES string of the molecule is Fc1ccc(N2CCN(Cc3cccc(Cl)c3)CC2)cc1. The fourth-order valence-corrected chi connectivity index (χ4v) is 2.92. The first kappa shape index (κ1) is 14.4. The second-order valence-corrected chi connectivity index (χ2v) is 5.81. The minimum atomic E-state index is -0.182. The molecule has 0 atom stereocenters. The van der Waals surface area contributed by atoms with E-state index in [2.05, 4.69) is 15.9 Å². The van der Waals surface area contributed by atoms with Gasteiger partial charge in [-0.3, -0.25) is 4.90 Å². The minimum absolute atomic E-state index is 0.182. The van der Waals surface area contributed by atoms with Crippen molar-refractivity contribution in [1.82, 2.24) is 4.90 Å². The summed E-state index contributed by atoms with van der Waals surface area (Å²) in [4.78, 5) is 4.72. The average molecular weight is 305 g/mol. The monoisotopic (exact) mass is 304 g/mol. The van der Waals surface area contributed by atoms with Crippen LogP contribution in [0.25, 0.3) is 0 Å². The minimum Gasteiger partial charge on any atom is -0.369 e. The van der Waals surface area contributed by atoms with Crippen LogP contribution in [0.4, 0.5) is 10.1 Å². The van der Waals surface area contributed by atoms with Crippen LogP contribution in [0.5, 0.6) is 0 Å². The van der Waals surface area contributed by atoms with E-state index in [1.165, 1.54) is 17.7 Å². The van der Waals surface area contributed by atoms with E-state index in [9.17, 15) is 4.39 Å². The summed E-state index contributed by atoms with van der Waals surface area (Å²) >= 11 is 6.02. The molecule has 1 aliphatic heterocycles. The van der Waals surface area contributed by atoms with Crippen LogP contribution in [0.2, 0.25) is 5.02 Å². The Morgan fingerprint density at radius 1 is 0.952 bits per heavy atom. The maximum atomic E-state index is 13.0. The number of rotatable bonds is 3. The molecule has 2 aromatic carbocycles. The molecule has 1 fully saturated rings. The Kier molecular flexibility index (Phi) is 4.42. The maximum absolute atomic E-state index is 13.0. The van der Waals surface area contributed by atoms with Gasteiger partial charge in [-0.1, -0.05) is 23.7 Å². The third-order valence-electron chi connectivity index (χ3n) is 3.86. The van der Waals surface area contributed by atoms with E-state index in [1.54, 1.807) is 0 Å². The van der Waals surface area contributed by atoms with Crippen LogP contribution in [0.3, 0.4) is 0 Å². The topological polar surface area (TPSA) is 6.48 Å². The molecule has 2 nitrogen and oxygen atoms in total. The first-order valence-electron chi connectivity index (χ1n) is 7.18. The Labute approximate surface area is 129 Å². The lowest BCUT2D eigenvalue weighted by Crippen LogP contribution is -2.45. The van der Waals surface area contributed by atoms with E-state index < -0.39 is 0 Å². The van der Waals surface area contributed by atoms with Crippen molar-refractivity contribution in [2.45, 2.75) is 6.54 Å². The molecule has 110 valence electrons. The van der Waals surface area contributed by atoms with E-state index in [1.807, 2.05) is 30.3 Å². The zero-order valence-corrected chi connectivity index (χ0v) is 12.6. The summed E-state index contributed by atoms with van der Waals surface area (Å²) in [6.07, 6.45) is 0. The van der Waals surface area contributed by atoms with Crippen molar-refractivity contribution in [2.24, 2.45) is 0 Å². The van der Waals surface area contributed by atoms with Crippen LogP contribution < -0.4 is 4.90 Å². The predicted octanol–water partition coefficient (Wildman–Crippen LogP) is 3.80. The maximum Gasteiger partial charge on any atom is 0.123 e. The van der Waals surface area contributed by atoms with Gasteiger partial charge in [0.25, 0.3) is 0 Å². The molecular formula is C17H18ClFN2. The molecule has 0 bridgehead atoms. The summed E-state index contributed by atoms with van der Waals surface area (Å²) in [5, 5.41) is 0.789. The third kappa shape index (κ3) is 3.74. The summed E-state index contributed by atoms with van der Waals surface area (Å²) in [5.41, 5.74) is 2.34. The van der Waals surface area contributed by atoms with Crippen LogP contribution >= 0.6 is 11.6 Å². The largest absolute Gasteiger partial charge is 0.369 e.